The predicted molar refractivity (Wildman–Crippen MR) is 109 cm³/mol. The predicted octanol–water partition coefficient (Wildman–Crippen LogP) is 3.86. The Morgan fingerprint density at radius 3 is 2.37 bits per heavy atom. The van der Waals surface area contributed by atoms with Crippen LogP contribution in [-0.4, -0.2) is 28.6 Å². The fourth-order valence-corrected chi connectivity index (χ4v) is 3.02. The van der Waals surface area contributed by atoms with E-state index in [1.165, 1.54) is 0 Å². The molecule has 3 rings (SSSR count). The third-order valence-electron chi connectivity index (χ3n) is 4.29. The summed E-state index contributed by atoms with van der Waals surface area (Å²) in [5.41, 5.74) is 4.13. The highest BCUT2D eigenvalue weighted by Crippen LogP contribution is 2.20. The summed E-state index contributed by atoms with van der Waals surface area (Å²) >= 11 is 3.41. The maximum Gasteiger partial charge on any atom is 0.259 e. The average molecular weight is 427 g/mol. The highest BCUT2D eigenvalue weighted by Gasteiger charge is 2.16. The molecule has 0 radical (unpaired) electrons. The number of hydrogen-bond donors (Lipinski definition) is 2. The molecule has 2 amide bonds. The smallest absolute Gasteiger partial charge is 0.259 e. The SMILES string of the molecule is CNC(=O)c1ccc(NC(=O)c2cnn(-c3ccc(Br)cc3)c2C)c(C)c1. The minimum Gasteiger partial charge on any atom is -0.355 e. The zero-order valence-electron chi connectivity index (χ0n) is 15.2. The molecule has 2 aromatic carbocycles. The number of rotatable bonds is 4. The summed E-state index contributed by atoms with van der Waals surface area (Å²) in [4.78, 5) is 24.4. The van der Waals surface area contributed by atoms with E-state index in [0.29, 0.717) is 16.8 Å². The number of halogens is 1. The lowest BCUT2D eigenvalue weighted by Gasteiger charge is -2.10. The van der Waals surface area contributed by atoms with Crippen LogP contribution < -0.4 is 10.6 Å². The summed E-state index contributed by atoms with van der Waals surface area (Å²) < 4.78 is 2.70. The van der Waals surface area contributed by atoms with Crippen LogP contribution >= 0.6 is 15.9 Å². The second-order valence-corrected chi connectivity index (χ2v) is 7.01. The van der Waals surface area contributed by atoms with Crippen molar-refractivity contribution >= 4 is 33.4 Å². The third kappa shape index (κ3) is 3.93. The number of hydrogen-bond acceptors (Lipinski definition) is 3. The second-order valence-electron chi connectivity index (χ2n) is 6.09. The van der Waals surface area contributed by atoms with Gasteiger partial charge in [-0.05, 0) is 61.9 Å². The van der Waals surface area contributed by atoms with Crippen molar-refractivity contribution in [2.75, 3.05) is 12.4 Å². The highest BCUT2D eigenvalue weighted by molar-refractivity contribution is 9.10. The largest absolute Gasteiger partial charge is 0.355 e. The van der Waals surface area contributed by atoms with E-state index in [9.17, 15) is 9.59 Å². The number of aromatic nitrogens is 2. The fraction of sp³-hybridized carbons (Fsp3) is 0.150. The first kappa shape index (κ1) is 18.8. The van der Waals surface area contributed by atoms with Crippen LogP contribution in [0.2, 0.25) is 0 Å². The summed E-state index contributed by atoms with van der Waals surface area (Å²) in [7, 11) is 1.58. The summed E-state index contributed by atoms with van der Waals surface area (Å²) in [6, 6.07) is 12.8. The molecule has 0 aliphatic rings. The number of aryl methyl sites for hydroxylation is 1. The first-order chi connectivity index (χ1) is 12.9. The molecule has 0 aliphatic heterocycles. The van der Waals surface area contributed by atoms with Gasteiger partial charge in [0.1, 0.15) is 0 Å². The Kier molecular flexibility index (Phi) is 5.41. The third-order valence-corrected chi connectivity index (χ3v) is 4.82. The molecular weight excluding hydrogens is 408 g/mol. The normalized spacial score (nSPS) is 10.5. The van der Waals surface area contributed by atoms with Gasteiger partial charge in [-0.15, -0.1) is 0 Å². The summed E-state index contributed by atoms with van der Waals surface area (Å²) in [5, 5.41) is 9.81. The number of carbonyl (C=O) groups is 2. The number of carbonyl (C=O) groups excluding carboxylic acids is 2. The van der Waals surface area contributed by atoms with Crippen molar-refractivity contribution in [2.24, 2.45) is 0 Å². The number of benzene rings is 2. The zero-order valence-corrected chi connectivity index (χ0v) is 16.8. The Labute approximate surface area is 165 Å². The molecule has 7 heteroatoms. The van der Waals surface area contributed by atoms with Crippen LogP contribution in [0.25, 0.3) is 5.69 Å². The van der Waals surface area contributed by atoms with Crippen molar-refractivity contribution in [2.45, 2.75) is 13.8 Å². The minimum atomic E-state index is -0.244. The van der Waals surface area contributed by atoms with Crippen molar-refractivity contribution in [1.29, 1.82) is 0 Å². The molecule has 0 bridgehead atoms. The second kappa shape index (κ2) is 7.75. The fourth-order valence-electron chi connectivity index (χ4n) is 2.75. The summed E-state index contributed by atoms with van der Waals surface area (Å²) in [5.74, 6) is -0.408. The van der Waals surface area contributed by atoms with Crippen molar-refractivity contribution in [3.8, 4) is 5.69 Å². The molecule has 0 aliphatic carbocycles. The molecule has 0 spiro atoms. The molecule has 0 fully saturated rings. The van der Waals surface area contributed by atoms with Crippen molar-refractivity contribution < 1.29 is 9.59 Å². The molecular formula is C20H19BrN4O2. The van der Waals surface area contributed by atoms with Gasteiger partial charge in [0, 0.05) is 22.8 Å². The monoisotopic (exact) mass is 426 g/mol. The molecule has 0 unspecified atom stereocenters. The first-order valence-corrected chi connectivity index (χ1v) is 9.14. The summed E-state index contributed by atoms with van der Waals surface area (Å²) in [6.45, 7) is 3.70. The molecule has 0 atom stereocenters. The van der Waals surface area contributed by atoms with E-state index >= 15 is 0 Å². The molecule has 138 valence electrons. The Hall–Kier alpha value is -2.93. The molecule has 2 N–H and O–H groups in total. The number of nitrogens with zero attached hydrogens (tertiary/aromatic N) is 2. The lowest BCUT2D eigenvalue weighted by atomic mass is 10.1. The van der Waals surface area contributed by atoms with Gasteiger partial charge in [-0.1, -0.05) is 15.9 Å². The van der Waals surface area contributed by atoms with E-state index in [2.05, 4.69) is 31.7 Å². The maximum absolute atomic E-state index is 12.7. The van der Waals surface area contributed by atoms with Crippen LogP contribution in [0.3, 0.4) is 0 Å². The Morgan fingerprint density at radius 1 is 1.04 bits per heavy atom. The highest BCUT2D eigenvalue weighted by atomic mass is 79.9. The molecule has 0 saturated heterocycles. The molecule has 1 heterocycles. The Bertz CT molecular complexity index is 1010. The summed E-state index contributed by atoms with van der Waals surface area (Å²) in [6.07, 6.45) is 1.56. The van der Waals surface area contributed by atoms with Crippen LogP contribution in [-0.2, 0) is 0 Å². The van der Waals surface area contributed by atoms with Crippen molar-refractivity contribution in [1.82, 2.24) is 15.1 Å². The molecule has 6 nitrogen and oxygen atoms in total. The van der Waals surface area contributed by atoms with E-state index in [4.69, 9.17) is 0 Å². The van der Waals surface area contributed by atoms with Gasteiger partial charge in [-0.3, -0.25) is 9.59 Å². The molecule has 3 aromatic rings. The minimum absolute atomic E-state index is 0.164. The van der Waals surface area contributed by atoms with Crippen molar-refractivity contribution in [3.63, 3.8) is 0 Å². The van der Waals surface area contributed by atoms with Gasteiger partial charge >= 0.3 is 0 Å². The van der Waals surface area contributed by atoms with Gasteiger partial charge in [-0.25, -0.2) is 4.68 Å². The number of nitrogens with one attached hydrogen (secondary N) is 2. The van der Waals surface area contributed by atoms with Gasteiger partial charge in [0.25, 0.3) is 11.8 Å². The Morgan fingerprint density at radius 2 is 1.74 bits per heavy atom. The molecule has 27 heavy (non-hydrogen) atoms. The molecule has 0 saturated carbocycles. The van der Waals surface area contributed by atoms with Crippen LogP contribution in [0.1, 0.15) is 32.0 Å². The lowest BCUT2D eigenvalue weighted by Crippen LogP contribution is -2.18. The van der Waals surface area contributed by atoms with Crippen LogP contribution in [0, 0.1) is 13.8 Å². The van der Waals surface area contributed by atoms with Gasteiger partial charge in [0.05, 0.1) is 23.1 Å². The van der Waals surface area contributed by atoms with Crippen LogP contribution in [0.4, 0.5) is 5.69 Å². The maximum atomic E-state index is 12.7. The van der Waals surface area contributed by atoms with Gasteiger partial charge in [0.15, 0.2) is 0 Å². The van der Waals surface area contributed by atoms with Gasteiger partial charge < -0.3 is 10.6 Å². The quantitative estimate of drug-likeness (QED) is 0.664. The molecule has 1 aromatic heterocycles. The van der Waals surface area contributed by atoms with E-state index in [1.807, 2.05) is 38.1 Å². The van der Waals surface area contributed by atoms with E-state index in [1.54, 1.807) is 36.1 Å². The first-order valence-electron chi connectivity index (χ1n) is 8.35. The van der Waals surface area contributed by atoms with Crippen LogP contribution in [0.15, 0.2) is 53.1 Å². The topological polar surface area (TPSA) is 76.0 Å². The van der Waals surface area contributed by atoms with E-state index in [0.717, 1.165) is 21.4 Å². The van der Waals surface area contributed by atoms with Crippen molar-refractivity contribution in [3.05, 3.63) is 75.5 Å². The lowest BCUT2D eigenvalue weighted by molar-refractivity contribution is 0.0962. The van der Waals surface area contributed by atoms with Gasteiger partial charge in [0.2, 0.25) is 0 Å². The van der Waals surface area contributed by atoms with Gasteiger partial charge in [-0.2, -0.15) is 5.10 Å². The van der Waals surface area contributed by atoms with E-state index < -0.39 is 0 Å². The Balaban J connectivity index is 1.83. The average Bonchev–Trinajstić information content (AvgIpc) is 3.05. The zero-order chi connectivity index (χ0) is 19.6. The number of anilines is 1. The van der Waals surface area contributed by atoms with E-state index in [-0.39, 0.29) is 11.8 Å². The number of amides is 2. The van der Waals surface area contributed by atoms with Crippen LogP contribution in [0.5, 0.6) is 0 Å². The standard InChI is InChI=1S/C20H19BrN4O2/c1-12-10-14(19(26)22-3)4-9-18(12)24-20(27)17-11-23-25(13(17)2)16-7-5-15(21)6-8-16/h4-11H,1-3H3,(H,22,26)(H,24,27).